The van der Waals surface area contributed by atoms with Gasteiger partial charge in [0.15, 0.2) is 0 Å². The molecule has 0 bridgehead atoms. The standard InChI is InChI=1S/C14H18N4O2S/c15-12(19)7-10-1-4-18(5-2-10)8-13-16-14(17-20-13)11-3-6-21-9-11/h3,6,9-10H,1-2,4-5,7-8H2,(H2,15,19). The Balaban J connectivity index is 1.53. The summed E-state index contributed by atoms with van der Waals surface area (Å²) in [4.78, 5) is 17.6. The van der Waals surface area contributed by atoms with Crippen LogP contribution in [0.2, 0.25) is 0 Å². The van der Waals surface area contributed by atoms with Crippen molar-refractivity contribution in [1.82, 2.24) is 15.0 Å². The molecule has 1 aliphatic heterocycles. The van der Waals surface area contributed by atoms with Crippen molar-refractivity contribution in [3.05, 3.63) is 22.7 Å². The van der Waals surface area contributed by atoms with Gasteiger partial charge in [-0.3, -0.25) is 9.69 Å². The quantitative estimate of drug-likeness (QED) is 0.911. The van der Waals surface area contributed by atoms with Gasteiger partial charge in [0.1, 0.15) is 0 Å². The maximum atomic E-state index is 10.9. The second-order valence-electron chi connectivity index (χ2n) is 5.41. The van der Waals surface area contributed by atoms with Crippen LogP contribution in [0.25, 0.3) is 11.4 Å². The molecule has 1 saturated heterocycles. The number of primary amides is 1. The van der Waals surface area contributed by atoms with Crippen LogP contribution in [0.1, 0.15) is 25.2 Å². The summed E-state index contributed by atoms with van der Waals surface area (Å²) in [6, 6.07) is 1.98. The highest BCUT2D eigenvalue weighted by molar-refractivity contribution is 7.08. The Kier molecular flexibility index (Phi) is 4.31. The first-order valence-electron chi connectivity index (χ1n) is 7.06. The average molecular weight is 306 g/mol. The van der Waals surface area contributed by atoms with E-state index in [9.17, 15) is 4.79 Å². The summed E-state index contributed by atoms with van der Waals surface area (Å²) >= 11 is 1.61. The minimum absolute atomic E-state index is 0.203. The highest BCUT2D eigenvalue weighted by Gasteiger charge is 2.22. The topological polar surface area (TPSA) is 85.3 Å². The summed E-state index contributed by atoms with van der Waals surface area (Å²) in [5.41, 5.74) is 6.24. The SMILES string of the molecule is NC(=O)CC1CCN(Cc2nc(-c3ccsc3)no2)CC1. The van der Waals surface area contributed by atoms with E-state index < -0.39 is 0 Å². The Morgan fingerprint density at radius 2 is 2.29 bits per heavy atom. The van der Waals surface area contributed by atoms with Crippen molar-refractivity contribution in [2.24, 2.45) is 11.7 Å². The molecule has 6 nitrogen and oxygen atoms in total. The van der Waals surface area contributed by atoms with Gasteiger partial charge in [0, 0.05) is 17.4 Å². The van der Waals surface area contributed by atoms with Crippen molar-refractivity contribution in [3.63, 3.8) is 0 Å². The molecule has 0 radical (unpaired) electrons. The lowest BCUT2D eigenvalue weighted by Crippen LogP contribution is -2.34. The number of piperidine rings is 1. The third-order valence-electron chi connectivity index (χ3n) is 3.80. The van der Waals surface area contributed by atoms with Crippen LogP contribution < -0.4 is 5.73 Å². The summed E-state index contributed by atoms with van der Waals surface area (Å²) in [5, 5.41) is 8.01. The molecule has 2 aromatic heterocycles. The molecule has 0 atom stereocenters. The van der Waals surface area contributed by atoms with Crippen molar-refractivity contribution >= 4 is 17.2 Å². The Labute approximate surface area is 126 Å². The van der Waals surface area contributed by atoms with Crippen LogP contribution in [0, 0.1) is 5.92 Å². The fourth-order valence-electron chi connectivity index (χ4n) is 2.65. The lowest BCUT2D eigenvalue weighted by atomic mass is 9.93. The molecule has 21 heavy (non-hydrogen) atoms. The first kappa shape index (κ1) is 14.2. The van der Waals surface area contributed by atoms with Crippen LogP contribution in [0.4, 0.5) is 0 Å². The Morgan fingerprint density at radius 1 is 1.48 bits per heavy atom. The van der Waals surface area contributed by atoms with E-state index in [1.165, 1.54) is 0 Å². The zero-order valence-corrected chi connectivity index (χ0v) is 12.5. The number of likely N-dealkylation sites (tertiary alicyclic amines) is 1. The van der Waals surface area contributed by atoms with Gasteiger partial charge in [0.25, 0.3) is 0 Å². The fraction of sp³-hybridized carbons (Fsp3) is 0.500. The van der Waals surface area contributed by atoms with E-state index in [0.717, 1.165) is 31.5 Å². The molecule has 0 spiro atoms. The third-order valence-corrected chi connectivity index (χ3v) is 4.49. The molecule has 0 aliphatic carbocycles. The summed E-state index contributed by atoms with van der Waals surface area (Å²) in [6.45, 7) is 2.54. The molecular formula is C14H18N4O2S. The third kappa shape index (κ3) is 3.68. The zero-order chi connectivity index (χ0) is 14.7. The number of thiophene rings is 1. The second-order valence-corrected chi connectivity index (χ2v) is 6.19. The van der Waals surface area contributed by atoms with Gasteiger partial charge in [-0.05, 0) is 43.3 Å². The Morgan fingerprint density at radius 3 is 2.95 bits per heavy atom. The molecule has 0 saturated carbocycles. The van der Waals surface area contributed by atoms with Gasteiger partial charge in [-0.1, -0.05) is 5.16 Å². The number of amides is 1. The van der Waals surface area contributed by atoms with Crippen LogP contribution in [-0.4, -0.2) is 34.0 Å². The van der Waals surface area contributed by atoms with E-state index in [-0.39, 0.29) is 5.91 Å². The zero-order valence-electron chi connectivity index (χ0n) is 11.7. The number of nitrogens with zero attached hydrogens (tertiary/aromatic N) is 3. The van der Waals surface area contributed by atoms with Gasteiger partial charge < -0.3 is 10.3 Å². The van der Waals surface area contributed by atoms with Crippen molar-refractivity contribution in [1.29, 1.82) is 0 Å². The summed E-state index contributed by atoms with van der Waals surface area (Å²) in [6.07, 6.45) is 2.49. The maximum Gasteiger partial charge on any atom is 0.241 e. The summed E-state index contributed by atoms with van der Waals surface area (Å²) < 4.78 is 5.31. The molecule has 3 heterocycles. The number of rotatable bonds is 5. The molecular weight excluding hydrogens is 288 g/mol. The predicted octanol–water partition coefficient (Wildman–Crippen LogP) is 1.89. The van der Waals surface area contributed by atoms with Crippen molar-refractivity contribution in [3.8, 4) is 11.4 Å². The Hall–Kier alpha value is -1.73. The minimum Gasteiger partial charge on any atom is -0.370 e. The first-order valence-corrected chi connectivity index (χ1v) is 8.01. The molecule has 7 heteroatoms. The molecule has 2 aromatic rings. The van der Waals surface area contributed by atoms with E-state index in [2.05, 4.69) is 15.0 Å². The maximum absolute atomic E-state index is 10.9. The van der Waals surface area contributed by atoms with Crippen LogP contribution in [0.15, 0.2) is 21.3 Å². The van der Waals surface area contributed by atoms with Gasteiger partial charge in [-0.25, -0.2) is 0 Å². The number of aromatic nitrogens is 2. The second kappa shape index (κ2) is 6.36. The average Bonchev–Trinajstić information content (AvgIpc) is 3.11. The van der Waals surface area contributed by atoms with Crippen molar-refractivity contribution < 1.29 is 9.32 Å². The van der Waals surface area contributed by atoms with Crippen molar-refractivity contribution in [2.45, 2.75) is 25.8 Å². The number of carbonyl (C=O) groups excluding carboxylic acids is 1. The number of nitrogens with two attached hydrogens (primary N) is 1. The Bertz CT molecular complexity index is 588. The fourth-order valence-corrected chi connectivity index (χ4v) is 3.29. The molecule has 0 aromatic carbocycles. The lowest BCUT2D eigenvalue weighted by molar-refractivity contribution is -0.119. The van der Waals surface area contributed by atoms with E-state index in [4.69, 9.17) is 10.3 Å². The lowest BCUT2D eigenvalue weighted by Gasteiger charge is -2.30. The van der Waals surface area contributed by atoms with Crippen molar-refractivity contribution in [2.75, 3.05) is 13.1 Å². The van der Waals surface area contributed by atoms with E-state index in [0.29, 0.717) is 30.6 Å². The normalized spacial score (nSPS) is 17.1. The molecule has 112 valence electrons. The van der Waals surface area contributed by atoms with E-state index in [1.807, 2.05) is 16.8 Å². The number of carbonyl (C=O) groups is 1. The molecule has 1 aliphatic rings. The monoisotopic (exact) mass is 306 g/mol. The minimum atomic E-state index is -0.203. The highest BCUT2D eigenvalue weighted by atomic mass is 32.1. The van der Waals surface area contributed by atoms with Crippen LogP contribution in [-0.2, 0) is 11.3 Å². The van der Waals surface area contributed by atoms with Gasteiger partial charge in [0.05, 0.1) is 6.54 Å². The summed E-state index contributed by atoms with van der Waals surface area (Å²) in [5.74, 6) is 1.51. The largest absolute Gasteiger partial charge is 0.370 e. The molecule has 0 unspecified atom stereocenters. The smallest absolute Gasteiger partial charge is 0.241 e. The number of hydrogen-bond donors (Lipinski definition) is 1. The van der Waals surface area contributed by atoms with Gasteiger partial charge in [-0.2, -0.15) is 16.3 Å². The van der Waals surface area contributed by atoms with Crippen LogP contribution in [0.3, 0.4) is 0 Å². The van der Waals surface area contributed by atoms with Gasteiger partial charge in [0.2, 0.25) is 17.6 Å². The molecule has 3 rings (SSSR count). The molecule has 1 amide bonds. The van der Waals surface area contributed by atoms with Crippen LogP contribution in [0.5, 0.6) is 0 Å². The van der Waals surface area contributed by atoms with E-state index >= 15 is 0 Å². The molecule has 2 N–H and O–H groups in total. The predicted molar refractivity (Wildman–Crippen MR) is 79.4 cm³/mol. The number of hydrogen-bond acceptors (Lipinski definition) is 6. The first-order chi connectivity index (χ1) is 10.2. The van der Waals surface area contributed by atoms with Gasteiger partial charge in [-0.15, -0.1) is 0 Å². The highest BCUT2D eigenvalue weighted by Crippen LogP contribution is 2.22. The summed E-state index contributed by atoms with van der Waals surface area (Å²) in [7, 11) is 0. The van der Waals surface area contributed by atoms with E-state index in [1.54, 1.807) is 11.3 Å². The molecule has 1 fully saturated rings. The van der Waals surface area contributed by atoms with Gasteiger partial charge >= 0.3 is 0 Å². The van der Waals surface area contributed by atoms with Crippen LogP contribution >= 0.6 is 11.3 Å².